The first kappa shape index (κ1) is 19.4. The molecular formula is C19H20N4O2S3. The fraction of sp³-hybridized carbons (Fsp3) is 0.368. The van der Waals surface area contributed by atoms with Crippen LogP contribution in [0.3, 0.4) is 0 Å². The highest BCUT2D eigenvalue weighted by atomic mass is 32.2. The Labute approximate surface area is 175 Å². The van der Waals surface area contributed by atoms with Gasteiger partial charge in [0.05, 0.1) is 23.2 Å². The number of carbonyl (C=O) groups excluding carboxylic acids is 1. The molecule has 4 heterocycles. The Morgan fingerprint density at radius 1 is 1.29 bits per heavy atom. The molecule has 0 spiro atoms. The predicted molar refractivity (Wildman–Crippen MR) is 114 cm³/mol. The van der Waals surface area contributed by atoms with Crippen LogP contribution in [0.4, 0.5) is 0 Å². The fourth-order valence-electron chi connectivity index (χ4n) is 3.09. The molecule has 1 aliphatic rings. The summed E-state index contributed by atoms with van der Waals surface area (Å²) >= 11 is 4.81. The Morgan fingerprint density at radius 2 is 2.11 bits per heavy atom. The monoisotopic (exact) mass is 432 g/mol. The summed E-state index contributed by atoms with van der Waals surface area (Å²) in [5.41, 5.74) is 2.32. The first-order valence-electron chi connectivity index (χ1n) is 8.93. The van der Waals surface area contributed by atoms with Crippen molar-refractivity contribution >= 4 is 40.3 Å². The van der Waals surface area contributed by atoms with Crippen LogP contribution in [0.15, 0.2) is 27.5 Å². The van der Waals surface area contributed by atoms with E-state index in [0.29, 0.717) is 23.0 Å². The van der Waals surface area contributed by atoms with E-state index in [1.807, 2.05) is 25.3 Å². The number of aryl methyl sites for hydroxylation is 2. The van der Waals surface area contributed by atoms with Gasteiger partial charge < -0.3 is 5.32 Å². The zero-order valence-corrected chi connectivity index (χ0v) is 18.3. The number of thiazole rings is 1. The first-order valence-corrected chi connectivity index (χ1v) is 11.6. The third-order valence-electron chi connectivity index (χ3n) is 4.81. The quantitative estimate of drug-likeness (QED) is 0.622. The average molecular weight is 433 g/mol. The van der Waals surface area contributed by atoms with Crippen LogP contribution in [0.2, 0.25) is 0 Å². The largest absolute Gasteiger partial charge is 0.351 e. The van der Waals surface area contributed by atoms with Gasteiger partial charge >= 0.3 is 0 Å². The van der Waals surface area contributed by atoms with Gasteiger partial charge in [-0.2, -0.15) is 0 Å². The summed E-state index contributed by atoms with van der Waals surface area (Å²) in [7, 11) is 0. The minimum absolute atomic E-state index is 0.0378. The lowest BCUT2D eigenvalue weighted by molar-refractivity contribution is -0.121. The Hall–Kier alpha value is -1.97. The smallest absolute Gasteiger partial charge is 0.257 e. The number of fused-ring (bicyclic) bond motifs is 1. The normalized spacial score (nSPS) is 15.6. The standard InChI is InChI=1S/C19H20N4O2S3/c1-10-11(2)22-19-23(18(10)25)13(9-27-19)7-16(24)20-8-15-12(3)21-17(28-15)14-5-4-6-26-14/h4-6,13H,7-9H2,1-3H3,(H,20,24)/t13-/m1/s1. The van der Waals surface area contributed by atoms with Crippen molar-refractivity contribution in [1.29, 1.82) is 0 Å². The summed E-state index contributed by atoms with van der Waals surface area (Å²) in [4.78, 5) is 36.4. The number of carbonyl (C=O) groups is 1. The van der Waals surface area contributed by atoms with E-state index in [1.54, 1.807) is 34.2 Å². The molecule has 1 atom stereocenters. The molecule has 0 saturated heterocycles. The van der Waals surface area contributed by atoms with Gasteiger partial charge in [0.25, 0.3) is 5.56 Å². The molecule has 3 aromatic heterocycles. The van der Waals surface area contributed by atoms with E-state index in [4.69, 9.17) is 0 Å². The number of thiophene rings is 1. The molecule has 0 aromatic carbocycles. The lowest BCUT2D eigenvalue weighted by atomic mass is 10.2. The highest BCUT2D eigenvalue weighted by Crippen LogP contribution is 2.33. The van der Waals surface area contributed by atoms with Crippen LogP contribution in [0, 0.1) is 20.8 Å². The maximum atomic E-state index is 12.6. The molecular weight excluding hydrogens is 412 g/mol. The van der Waals surface area contributed by atoms with Crippen LogP contribution in [0.1, 0.15) is 34.3 Å². The zero-order valence-electron chi connectivity index (χ0n) is 15.8. The van der Waals surface area contributed by atoms with Gasteiger partial charge in [-0.3, -0.25) is 14.2 Å². The highest BCUT2D eigenvalue weighted by Gasteiger charge is 2.28. The van der Waals surface area contributed by atoms with Crippen molar-refractivity contribution < 1.29 is 4.79 Å². The minimum Gasteiger partial charge on any atom is -0.351 e. The molecule has 3 aromatic rings. The molecule has 4 rings (SSSR count). The van der Waals surface area contributed by atoms with Gasteiger partial charge in [-0.05, 0) is 32.2 Å². The lowest BCUT2D eigenvalue weighted by Gasteiger charge is -2.14. The predicted octanol–water partition coefficient (Wildman–Crippen LogP) is 3.71. The minimum atomic E-state index is -0.150. The summed E-state index contributed by atoms with van der Waals surface area (Å²) < 4.78 is 1.68. The number of nitrogens with one attached hydrogen (secondary N) is 1. The van der Waals surface area contributed by atoms with Gasteiger partial charge in [0, 0.05) is 28.3 Å². The van der Waals surface area contributed by atoms with Gasteiger partial charge in [-0.1, -0.05) is 17.8 Å². The van der Waals surface area contributed by atoms with Gasteiger partial charge in [0.15, 0.2) is 5.16 Å². The topological polar surface area (TPSA) is 76.9 Å². The Bertz CT molecular complexity index is 1090. The second-order valence-electron chi connectivity index (χ2n) is 6.73. The SMILES string of the molecule is Cc1nc(-c2cccs2)sc1CNC(=O)C[C@@H]1CSc2nc(C)c(C)c(=O)n21. The van der Waals surface area contributed by atoms with Crippen molar-refractivity contribution in [2.24, 2.45) is 0 Å². The van der Waals surface area contributed by atoms with E-state index in [2.05, 4.69) is 21.4 Å². The van der Waals surface area contributed by atoms with E-state index in [-0.39, 0.29) is 23.9 Å². The van der Waals surface area contributed by atoms with Gasteiger partial charge in [-0.25, -0.2) is 9.97 Å². The molecule has 0 unspecified atom stereocenters. The van der Waals surface area contributed by atoms with E-state index in [9.17, 15) is 9.59 Å². The van der Waals surface area contributed by atoms with Crippen molar-refractivity contribution in [3.63, 3.8) is 0 Å². The Balaban J connectivity index is 1.42. The van der Waals surface area contributed by atoms with Crippen molar-refractivity contribution in [3.05, 3.63) is 49.7 Å². The third kappa shape index (κ3) is 3.66. The van der Waals surface area contributed by atoms with Crippen molar-refractivity contribution in [2.75, 3.05) is 5.75 Å². The summed E-state index contributed by atoms with van der Waals surface area (Å²) in [6, 6.07) is 3.91. The lowest BCUT2D eigenvalue weighted by Crippen LogP contribution is -2.31. The van der Waals surface area contributed by atoms with Crippen LogP contribution in [0.25, 0.3) is 9.88 Å². The maximum absolute atomic E-state index is 12.6. The summed E-state index contributed by atoms with van der Waals surface area (Å²) in [6.07, 6.45) is 0.278. The number of hydrogen-bond acceptors (Lipinski definition) is 7. The van der Waals surface area contributed by atoms with Crippen molar-refractivity contribution in [2.45, 2.75) is 44.9 Å². The van der Waals surface area contributed by atoms with Gasteiger partial charge in [0.1, 0.15) is 5.01 Å². The Morgan fingerprint density at radius 3 is 2.86 bits per heavy atom. The molecule has 6 nitrogen and oxygen atoms in total. The highest BCUT2D eigenvalue weighted by molar-refractivity contribution is 7.99. The van der Waals surface area contributed by atoms with Crippen LogP contribution in [-0.4, -0.2) is 26.2 Å². The molecule has 0 aliphatic carbocycles. The average Bonchev–Trinajstić information content (AvgIpc) is 3.39. The molecule has 1 N–H and O–H groups in total. The van der Waals surface area contributed by atoms with E-state index < -0.39 is 0 Å². The first-order chi connectivity index (χ1) is 13.4. The van der Waals surface area contributed by atoms with Crippen LogP contribution in [-0.2, 0) is 11.3 Å². The molecule has 28 heavy (non-hydrogen) atoms. The number of hydrogen-bond donors (Lipinski definition) is 1. The van der Waals surface area contributed by atoms with E-state index >= 15 is 0 Å². The van der Waals surface area contributed by atoms with Crippen LogP contribution >= 0.6 is 34.4 Å². The Kier molecular flexibility index (Phi) is 5.39. The number of amides is 1. The molecule has 0 radical (unpaired) electrons. The molecule has 0 fully saturated rings. The maximum Gasteiger partial charge on any atom is 0.257 e. The van der Waals surface area contributed by atoms with Gasteiger partial charge in [0.2, 0.25) is 5.91 Å². The fourth-order valence-corrected chi connectivity index (χ4v) is 6.07. The molecule has 1 aliphatic heterocycles. The number of thioether (sulfide) groups is 1. The van der Waals surface area contributed by atoms with Crippen molar-refractivity contribution in [1.82, 2.24) is 19.9 Å². The van der Waals surface area contributed by atoms with E-state index in [1.165, 1.54) is 11.8 Å². The number of aromatic nitrogens is 3. The van der Waals surface area contributed by atoms with Crippen molar-refractivity contribution in [3.8, 4) is 9.88 Å². The van der Waals surface area contributed by atoms with Gasteiger partial charge in [-0.15, -0.1) is 22.7 Å². The number of nitrogens with zero attached hydrogens (tertiary/aromatic N) is 3. The number of rotatable bonds is 5. The molecule has 0 bridgehead atoms. The summed E-state index contributed by atoms with van der Waals surface area (Å²) in [5, 5.41) is 6.72. The van der Waals surface area contributed by atoms with Crippen LogP contribution in [0.5, 0.6) is 0 Å². The van der Waals surface area contributed by atoms with E-state index in [0.717, 1.165) is 26.1 Å². The molecule has 9 heteroatoms. The summed E-state index contributed by atoms with van der Waals surface area (Å²) in [6.45, 7) is 6.06. The second-order valence-corrected chi connectivity index (χ2v) is 9.75. The third-order valence-corrected chi connectivity index (χ3v) is 8.11. The summed E-state index contributed by atoms with van der Waals surface area (Å²) in [5.74, 6) is 0.634. The zero-order chi connectivity index (χ0) is 19.8. The molecule has 146 valence electrons. The molecule has 0 saturated carbocycles. The second kappa shape index (κ2) is 7.81. The molecule has 1 amide bonds. The van der Waals surface area contributed by atoms with Crippen LogP contribution < -0.4 is 10.9 Å².